The summed E-state index contributed by atoms with van der Waals surface area (Å²) < 4.78 is 41.3. The van der Waals surface area contributed by atoms with Crippen LogP contribution in [0.5, 0.6) is 0 Å². The SMILES string of the molecule is CC(O)(c1ccc(C(N)=O)c(C2CCCCC2)c1C1CCCCC1)C(F)(F)F. The minimum Gasteiger partial charge on any atom is -0.376 e. The minimum absolute atomic E-state index is 0.0251. The molecule has 2 fully saturated rings. The van der Waals surface area contributed by atoms with E-state index < -0.39 is 17.7 Å². The van der Waals surface area contributed by atoms with Crippen LogP contribution in [-0.2, 0) is 5.60 Å². The van der Waals surface area contributed by atoms with E-state index in [0.29, 0.717) is 16.7 Å². The van der Waals surface area contributed by atoms with E-state index in [9.17, 15) is 23.1 Å². The van der Waals surface area contributed by atoms with Gasteiger partial charge in [0, 0.05) is 5.56 Å². The molecule has 2 aliphatic carbocycles. The number of rotatable bonds is 4. The average Bonchev–Trinajstić information content (AvgIpc) is 2.67. The number of alkyl halides is 3. The van der Waals surface area contributed by atoms with Crippen molar-refractivity contribution < 1.29 is 23.1 Å². The van der Waals surface area contributed by atoms with E-state index in [0.717, 1.165) is 71.1 Å². The van der Waals surface area contributed by atoms with Crippen molar-refractivity contribution in [3.63, 3.8) is 0 Å². The smallest absolute Gasteiger partial charge is 0.376 e. The van der Waals surface area contributed by atoms with Crippen LogP contribution in [0.1, 0.15) is 110 Å². The Morgan fingerprint density at radius 1 is 0.929 bits per heavy atom. The molecular formula is C22H30F3NO2. The zero-order valence-electron chi connectivity index (χ0n) is 16.4. The molecule has 0 aromatic heterocycles. The Kier molecular flexibility index (Phi) is 6.08. The molecule has 0 heterocycles. The van der Waals surface area contributed by atoms with Crippen LogP contribution >= 0.6 is 0 Å². The lowest BCUT2D eigenvalue weighted by Gasteiger charge is -2.37. The third-order valence-corrected chi connectivity index (χ3v) is 6.66. The van der Waals surface area contributed by atoms with Gasteiger partial charge in [-0.1, -0.05) is 44.6 Å². The Bertz CT molecular complexity index is 715. The van der Waals surface area contributed by atoms with Gasteiger partial charge in [0.2, 0.25) is 5.91 Å². The number of nitrogens with two attached hydrogens (primary N) is 1. The number of hydrogen-bond donors (Lipinski definition) is 2. The topological polar surface area (TPSA) is 63.3 Å². The van der Waals surface area contributed by atoms with Gasteiger partial charge in [-0.3, -0.25) is 4.79 Å². The Balaban J connectivity index is 2.26. The highest BCUT2D eigenvalue weighted by molar-refractivity contribution is 5.95. The lowest BCUT2D eigenvalue weighted by atomic mass is 9.70. The third-order valence-electron chi connectivity index (χ3n) is 6.66. The van der Waals surface area contributed by atoms with Crippen molar-refractivity contribution >= 4 is 5.91 Å². The van der Waals surface area contributed by atoms with Crippen molar-refractivity contribution in [2.75, 3.05) is 0 Å². The van der Waals surface area contributed by atoms with Crippen molar-refractivity contribution in [3.05, 3.63) is 34.4 Å². The van der Waals surface area contributed by atoms with E-state index in [1.54, 1.807) is 0 Å². The molecule has 0 bridgehead atoms. The zero-order chi connectivity index (χ0) is 20.5. The van der Waals surface area contributed by atoms with Crippen molar-refractivity contribution in [1.82, 2.24) is 0 Å². The molecule has 6 heteroatoms. The summed E-state index contributed by atoms with van der Waals surface area (Å²) >= 11 is 0. The molecule has 3 nitrogen and oxygen atoms in total. The quantitative estimate of drug-likeness (QED) is 0.689. The Morgan fingerprint density at radius 3 is 1.82 bits per heavy atom. The number of halogens is 3. The molecule has 0 spiro atoms. The maximum Gasteiger partial charge on any atom is 0.421 e. The number of hydrogen-bond acceptors (Lipinski definition) is 2. The van der Waals surface area contributed by atoms with Crippen LogP contribution in [0, 0.1) is 0 Å². The predicted molar refractivity (Wildman–Crippen MR) is 102 cm³/mol. The highest BCUT2D eigenvalue weighted by Gasteiger charge is 2.53. The van der Waals surface area contributed by atoms with Crippen LogP contribution in [0.2, 0.25) is 0 Å². The molecular weight excluding hydrogens is 367 g/mol. The fourth-order valence-electron chi connectivity index (χ4n) is 5.09. The fourth-order valence-corrected chi connectivity index (χ4v) is 5.09. The summed E-state index contributed by atoms with van der Waals surface area (Å²) in [7, 11) is 0. The first-order valence-corrected chi connectivity index (χ1v) is 10.4. The van der Waals surface area contributed by atoms with Gasteiger partial charge in [-0.25, -0.2) is 0 Å². The number of aliphatic hydroxyl groups is 1. The van der Waals surface area contributed by atoms with Gasteiger partial charge < -0.3 is 10.8 Å². The molecule has 0 radical (unpaired) electrons. The first-order chi connectivity index (χ1) is 13.1. The number of carbonyl (C=O) groups excluding carboxylic acids is 1. The molecule has 1 atom stereocenters. The van der Waals surface area contributed by atoms with Crippen molar-refractivity contribution in [1.29, 1.82) is 0 Å². The Hall–Kier alpha value is -1.56. The van der Waals surface area contributed by atoms with Crippen molar-refractivity contribution in [2.45, 2.75) is 94.7 Å². The van der Waals surface area contributed by atoms with Crippen LogP contribution in [0.4, 0.5) is 13.2 Å². The Morgan fingerprint density at radius 2 is 1.39 bits per heavy atom. The summed E-state index contributed by atoms with van der Waals surface area (Å²) in [6, 6.07) is 2.68. The zero-order valence-corrected chi connectivity index (χ0v) is 16.4. The maximum atomic E-state index is 13.8. The second-order valence-electron chi connectivity index (χ2n) is 8.59. The number of amides is 1. The fraction of sp³-hybridized carbons (Fsp3) is 0.682. The van der Waals surface area contributed by atoms with Crippen molar-refractivity contribution in [2.24, 2.45) is 5.73 Å². The second-order valence-corrected chi connectivity index (χ2v) is 8.59. The normalized spacial score (nSPS) is 22.0. The first-order valence-electron chi connectivity index (χ1n) is 10.4. The van der Waals surface area contributed by atoms with Gasteiger partial charge in [-0.2, -0.15) is 13.2 Å². The van der Waals surface area contributed by atoms with Crippen LogP contribution in [0.3, 0.4) is 0 Å². The molecule has 28 heavy (non-hydrogen) atoms. The van der Waals surface area contributed by atoms with E-state index in [2.05, 4.69) is 0 Å². The van der Waals surface area contributed by atoms with E-state index in [4.69, 9.17) is 5.73 Å². The third kappa shape index (κ3) is 3.93. The van der Waals surface area contributed by atoms with Gasteiger partial charge in [-0.05, 0) is 67.2 Å². The van der Waals surface area contributed by atoms with E-state index >= 15 is 0 Å². The summed E-state index contributed by atoms with van der Waals surface area (Å²) in [5.41, 5.74) is 4.14. The highest BCUT2D eigenvalue weighted by Crippen LogP contribution is 2.49. The summed E-state index contributed by atoms with van der Waals surface area (Å²) in [5.74, 6) is -0.651. The lowest BCUT2D eigenvalue weighted by molar-refractivity contribution is -0.259. The number of carbonyl (C=O) groups is 1. The van der Waals surface area contributed by atoms with Crippen molar-refractivity contribution in [3.8, 4) is 0 Å². The van der Waals surface area contributed by atoms with Gasteiger partial charge in [0.25, 0.3) is 0 Å². The van der Waals surface area contributed by atoms with Crippen LogP contribution in [0.25, 0.3) is 0 Å². The molecule has 0 saturated heterocycles. The molecule has 1 unspecified atom stereocenters. The molecule has 156 valence electrons. The molecule has 1 amide bonds. The molecule has 3 rings (SSSR count). The summed E-state index contributed by atoms with van der Waals surface area (Å²) in [5, 5.41) is 10.5. The predicted octanol–water partition coefficient (Wildman–Crippen LogP) is 5.65. The average molecular weight is 397 g/mol. The van der Waals surface area contributed by atoms with E-state index in [1.165, 1.54) is 12.1 Å². The maximum absolute atomic E-state index is 13.8. The molecule has 2 saturated carbocycles. The van der Waals surface area contributed by atoms with Crippen LogP contribution < -0.4 is 5.73 Å². The van der Waals surface area contributed by atoms with Crippen LogP contribution in [0.15, 0.2) is 12.1 Å². The molecule has 1 aromatic rings. The molecule has 0 aliphatic heterocycles. The van der Waals surface area contributed by atoms with Crippen LogP contribution in [-0.4, -0.2) is 17.2 Å². The summed E-state index contributed by atoms with van der Waals surface area (Å²) in [4.78, 5) is 12.2. The standard InChI is InChI=1S/C22H30F3NO2/c1-21(28,22(23,24)25)17-13-12-16(20(26)27)18(14-8-4-2-5-9-14)19(17)15-10-6-3-7-11-15/h12-15,28H,2-11H2,1H3,(H2,26,27). The summed E-state index contributed by atoms with van der Waals surface area (Å²) in [6.07, 6.45) is 4.50. The largest absolute Gasteiger partial charge is 0.421 e. The van der Waals surface area contributed by atoms with E-state index in [-0.39, 0.29) is 17.4 Å². The Labute approximate surface area is 164 Å². The highest BCUT2D eigenvalue weighted by atomic mass is 19.4. The molecule has 3 N–H and O–H groups in total. The summed E-state index contributed by atoms with van der Waals surface area (Å²) in [6.45, 7) is 0.823. The minimum atomic E-state index is -4.80. The number of benzene rings is 1. The molecule has 1 aromatic carbocycles. The van der Waals surface area contributed by atoms with Gasteiger partial charge in [0.1, 0.15) is 0 Å². The van der Waals surface area contributed by atoms with Gasteiger partial charge >= 0.3 is 6.18 Å². The van der Waals surface area contributed by atoms with Gasteiger partial charge in [0.05, 0.1) is 0 Å². The first kappa shape index (κ1) is 21.2. The molecule has 2 aliphatic rings. The monoisotopic (exact) mass is 397 g/mol. The number of primary amides is 1. The lowest BCUT2D eigenvalue weighted by Crippen LogP contribution is -2.41. The van der Waals surface area contributed by atoms with Gasteiger partial charge in [-0.15, -0.1) is 0 Å². The van der Waals surface area contributed by atoms with E-state index in [1.807, 2.05) is 0 Å². The van der Waals surface area contributed by atoms with Gasteiger partial charge in [0.15, 0.2) is 5.60 Å². The second kappa shape index (κ2) is 8.05.